The lowest BCUT2D eigenvalue weighted by Gasteiger charge is -2.20. The monoisotopic (exact) mass is 344 g/mol. The van der Waals surface area contributed by atoms with Crippen LogP contribution < -0.4 is 0 Å². The molecule has 0 spiro atoms. The lowest BCUT2D eigenvalue weighted by Crippen LogP contribution is -2.30. The SMILES string of the molecule is CCN(Cc1cccs1)C(=O)CCc1c(C)nn(CCC#N)c1C. The van der Waals surface area contributed by atoms with Crippen LogP contribution in [0.2, 0.25) is 0 Å². The Bertz CT molecular complexity index is 712. The molecule has 2 heterocycles. The van der Waals surface area contributed by atoms with Crippen molar-refractivity contribution in [1.29, 1.82) is 5.26 Å². The van der Waals surface area contributed by atoms with Gasteiger partial charge in [-0.05, 0) is 44.2 Å². The minimum Gasteiger partial charge on any atom is -0.338 e. The molecule has 0 fully saturated rings. The van der Waals surface area contributed by atoms with Gasteiger partial charge in [0.25, 0.3) is 0 Å². The molecule has 0 bridgehead atoms. The van der Waals surface area contributed by atoms with E-state index >= 15 is 0 Å². The summed E-state index contributed by atoms with van der Waals surface area (Å²) < 4.78 is 1.88. The average Bonchev–Trinajstić information content (AvgIpc) is 3.17. The summed E-state index contributed by atoms with van der Waals surface area (Å²) in [6, 6.07) is 6.22. The molecule has 2 aromatic heterocycles. The number of carbonyl (C=O) groups excluding carboxylic acids is 1. The van der Waals surface area contributed by atoms with E-state index in [1.807, 2.05) is 41.8 Å². The molecule has 1 amide bonds. The maximum Gasteiger partial charge on any atom is 0.223 e. The molecule has 0 radical (unpaired) electrons. The van der Waals surface area contributed by atoms with E-state index < -0.39 is 0 Å². The molecule has 0 atom stereocenters. The van der Waals surface area contributed by atoms with Crippen LogP contribution in [-0.4, -0.2) is 27.1 Å². The van der Waals surface area contributed by atoms with Gasteiger partial charge in [0.05, 0.1) is 31.3 Å². The highest BCUT2D eigenvalue weighted by Crippen LogP contribution is 2.17. The van der Waals surface area contributed by atoms with Gasteiger partial charge in [0.2, 0.25) is 5.91 Å². The van der Waals surface area contributed by atoms with E-state index in [-0.39, 0.29) is 5.91 Å². The van der Waals surface area contributed by atoms with E-state index in [1.165, 1.54) is 4.88 Å². The quantitative estimate of drug-likeness (QED) is 0.737. The van der Waals surface area contributed by atoms with E-state index in [0.717, 1.165) is 23.5 Å². The van der Waals surface area contributed by atoms with Crippen LogP contribution in [0.3, 0.4) is 0 Å². The van der Waals surface area contributed by atoms with Crippen molar-refractivity contribution in [3.63, 3.8) is 0 Å². The van der Waals surface area contributed by atoms with Gasteiger partial charge >= 0.3 is 0 Å². The van der Waals surface area contributed by atoms with E-state index in [0.29, 0.717) is 32.4 Å². The molecule has 0 unspecified atom stereocenters. The van der Waals surface area contributed by atoms with Crippen LogP contribution in [0.25, 0.3) is 0 Å². The van der Waals surface area contributed by atoms with Crippen LogP contribution in [0.5, 0.6) is 0 Å². The fourth-order valence-electron chi connectivity index (χ4n) is 2.83. The summed E-state index contributed by atoms with van der Waals surface area (Å²) in [6.45, 7) is 8.01. The van der Waals surface area contributed by atoms with Gasteiger partial charge in [-0.3, -0.25) is 9.48 Å². The second-order valence-electron chi connectivity index (χ2n) is 5.77. The van der Waals surface area contributed by atoms with Crippen molar-refractivity contribution in [2.24, 2.45) is 0 Å². The van der Waals surface area contributed by atoms with Crippen LogP contribution in [-0.2, 0) is 24.3 Å². The Hall–Kier alpha value is -2.13. The number of aryl methyl sites for hydroxylation is 2. The molecule has 2 aromatic rings. The first-order valence-corrected chi connectivity index (χ1v) is 9.14. The third-order valence-electron chi connectivity index (χ3n) is 4.22. The summed E-state index contributed by atoms with van der Waals surface area (Å²) in [5.41, 5.74) is 3.16. The van der Waals surface area contributed by atoms with Crippen LogP contribution in [0.4, 0.5) is 0 Å². The molecule has 5 nitrogen and oxygen atoms in total. The third-order valence-corrected chi connectivity index (χ3v) is 5.08. The summed E-state index contributed by atoms with van der Waals surface area (Å²) in [7, 11) is 0. The molecule has 0 N–H and O–H groups in total. The maximum absolute atomic E-state index is 12.5. The van der Waals surface area contributed by atoms with Gasteiger partial charge in [-0.15, -0.1) is 11.3 Å². The van der Waals surface area contributed by atoms with Crippen molar-refractivity contribution in [1.82, 2.24) is 14.7 Å². The Balaban J connectivity index is 1.97. The number of rotatable bonds is 8. The van der Waals surface area contributed by atoms with E-state index in [1.54, 1.807) is 11.3 Å². The first-order chi connectivity index (χ1) is 11.6. The fraction of sp³-hybridized carbons (Fsp3) is 0.500. The summed E-state index contributed by atoms with van der Waals surface area (Å²) in [5.74, 6) is 0.175. The highest BCUT2D eigenvalue weighted by Gasteiger charge is 2.16. The fourth-order valence-corrected chi connectivity index (χ4v) is 3.55. The van der Waals surface area contributed by atoms with Gasteiger partial charge in [0.15, 0.2) is 0 Å². The Labute approximate surface area is 147 Å². The van der Waals surface area contributed by atoms with Crippen LogP contribution in [0.15, 0.2) is 17.5 Å². The van der Waals surface area contributed by atoms with Crippen molar-refractivity contribution in [2.75, 3.05) is 6.54 Å². The highest BCUT2D eigenvalue weighted by atomic mass is 32.1. The summed E-state index contributed by atoms with van der Waals surface area (Å²) in [4.78, 5) is 15.6. The van der Waals surface area contributed by atoms with Crippen LogP contribution >= 0.6 is 11.3 Å². The van der Waals surface area contributed by atoms with Gasteiger partial charge in [0.1, 0.15) is 0 Å². The Morgan fingerprint density at radius 3 is 2.88 bits per heavy atom. The second-order valence-corrected chi connectivity index (χ2v) is 6.80. The number of thiophene rings is 1. The standard InChI is InChI=1S/C18H24N4OS/c1-4-21(13-16-7-5-12-24-16)18(23)9-8-17-14(2)20-22(15(17)3)11-6-10-19/h5,7,12H,4,6,8-9,11,13H2,1-3H3. The highest BCUT2D eigenvalue weighted by molar-refractivity contribution is 7.09. The number of nitriles is 1. The number of amides is 1. The van der Waals surface area contributed by atoms with Crippen LogP contribution in [0.1, 0.15) is 41.6 Å². The smallest absolute Gasteiger partial charge is 0.223 e. The Morgan fingerprint density at radius 2 is 2.25 bits per heavy atom. The zero-order chi connectivity index (χ0) is 17.5. The molecule has 24 heavy (non-hydrogen) atoms. The lowest BCUT2D eigenvalue weighted by molar-refractivity contribution is -0.131. The molecule has 0 aliphatic carbocycles. The van der Waals surface area contributed by atoms with Gasteiger partial charge in [0, 0.05) is 23.5 Å². The van der Waals surface area contributed by atoms with Crippen LogP contribution in [0, 0.1) is 25.2 Å². The summed E-state index contributed by atoms with van der Waals surface area (Å²) in [6.07, 6.45) is 1.64. The minimum absolute atomic E-state index is 0.175. The Morgan fingerprint density at radius 1 is 1.46 bits per heavy atom. The largest absolute Gasteiger partial charge is 0.338 e. The second kappa shape index (κ2) is 8.65. The first kappa shape index (κ1) is 18.2. The number of hydrogen-bond donors (Lipinski definition) is 0. The van der Waals surface area contributed by atoms with E-state index in [2.05, 4.69) is 17.2 Å². The molecule has 0 aliphatic heterocycles. The number of carbonyl (C=O) groups is 1. The molecular weight excluding hydrogens is 320 g/mol. The summed E-state index contributed by atoms with van der Waals surface area (Å²) >= 11 is 1.68. The van der Waals surface area contributed by atoms with Crippen molar-refractivity contribution in [3.05, 3.63) is 39.3 Å². The van der Waals surface area contributed by atoms with Crippen molar-refractivity contribution >= 4 is 17.2 Å². The molecule has 128 valence electrons. The molecule has 2 rings (SSSR count). The summed E-state index contributed by atoms with van der Waals surface area (Å²) in [5, 5.41) is 15.3. The zero-order valence-corrected chi connectivity index (χ0v) is 15.4. The van der Waals surface area contributed by atoms with Crippen molar-refractivity contribution in [3.8, 4) is 6.07 Å². The molecule has 0 aliphatic rings. The number of aromatic nitrogens is 2. The maximum atomic E-state index is 12.5. The minimum atomic E-state index is 0.175. The average molecular weight is 344 g/mol. The third kappa shape index (κ3) is 4.45. The molecular formula is C18H24N4OS. The number of hydrogen-bond acceptors (Lipinski definition) is 4. The zero-order valence-electron chi connectivity index (χ0n) is 14.6. The normalized spacial score (nSPS) is 10.6. The number of nitrogens with zero attached hydrogens (tertiary/aromatic N) is 4. The van der Waals surface area contributed by atoms with Gasteiger partial charge < -0.3 is 4.90 Å². The van der Waals surface area contributed by atoms with Crippen molar-refractivity contribution < 1.29 is 4.79 Å². The van der Waals surface area contributed by atoms with Crippen molar-refractivity contribution in [2.45, 2.75) is 53.1 Å². The molecule has 6 heteroatoms. The molecule has 0 saturated heterocycles. The molecule has 0 saturated carbocycles. The first-order valence-electron chi connectivity index (χ1n) is 8.26. The Kier molecular flexibility index (Phi) is 6.56. The topological polar surface area (TPSA) is 61.9 Å². The van der Waals surface area contributed by atoms with E-state index in [9.17, 15) is 4.79 Å². The van der Waals surface area contributed by atoms with Gasteiger partial charge in [-0.2, -0.15) is 10.4 Å². The van der Waals surface area contributed by atoms with E-state index in [4.69, 9.17) is 5.26 Å². The lowest BCUT2D eigenvalue weighted by atomic mass is 10.1. The predicted octanol–water partition coefficient (Wildman–Crippen LogP) is 3.46. The molecule has 0 aromatic carbocycles. The predicted molar refractivity (Wildman–Crippen MR) is 95.7 cm³/mol. The van der Waals surface area contributed by atoms with Gasteiger partial charge in [-0.1, -0.05) is 6.07 Å². The van der Waals surface area contributed by atoms with Gasteiger partial charge in [-0.25, -0.2) is 0 Å².